The van der Waals surface area contributed by atoms with Crippen molar-refractivity contribution in [1.82, 2.24) is 10.3 Å². The van der Waals surface area contributed by atoms with Gasteiger partial charge in [-0.1, -0.05) is 37.6 Å². The predicted molar refractivity (Wildman–Crippen MR) is 156 cm³/mol. The maximum atomic E-state index is 12.3. The van der Waals surface area contributed by atoms with E-state index in [1.807, 2.05) is 94.4 Å². The molecule has 1 aliphatic rings. The first-order valence-corrected chi connectivity index (χ1v) is 13.3. The minimum atomic E-state index is -0.291. The molecule has 3 heterocycles. The highest BCUT2D eigenvalue weighted by Crippen LogP contribution is 2.43. The highest BCUT2D eigenvalue weighted by Gasteiger charge is 2.42. The summed E-state index contributed by atoms with van der Waals surface area (Å²) in [6.07, 6.45) is 1.78. The van der Waals surface area contributed by atoms with E-state index in [0.29, 0.717) is 10.1 Å². The number of pyridine rings is 1. The number of hydrogen-bond acceptors (Lipinski definition) is 4. The molecule has 4 aromatic rings. The number of anilines is 2. The number of carbonyl (C=O) groups excluding carboxylic acids is 1. The van der Waals surface area contributed by atoms with Crippen LogP contribution in [-0.4, -0.2) is 16.0 Å². The first-order chi connectivity index (χ1) is 18.2. The number of halogens is 1. The van der Waals surface area contributed by atoms with E-state index in [1.165, 1.54) is 0 Å². The summed E-state index contributed by atoms with van der Waals surface area (Å²) in [5.74, 6) is 1.36. The van der Waals surface area contributed by atoms with Gasteiger partial charge in [0, 0.05) is 34.1 Å². The second-order valence-corrected chi connectivity index (χ2v) is 10.6. The molecule has 1 aliphatic heterocycles. The first kappa shape index (κ1) is 25.9. The van der Waals surface area contributed by atoms with Gasteiger partial charge < -0.3 is 20.0 Å². The van der Waals surface area contributed by atoms with E-state index in [2.05, 4.69) is 20.5 Å². The third kappa shape index (κ3) is 5.04. The largest absolute Gasteiger partial charge is 0.459 e. The van der Waals surface area contributed by atoms with Gasteiger partial charge in [0.05, 0.1) is 11.7 Å². The molecule has 0 bridgehead atoms. The molecule has 8 heteroatoms. The van der Waals surface area contributed by atoms with Crippen LogP contribution in [0.3, 0.4) is 0 Å². The number of nitrogens with zero attached hydrogens (tertiary/aromatic N) is 2. The molecule has 0 unspecified atom stereocenters. The standard InChI is InChI=1S/C30H29ClN4O2S/c1-17(2)29(36)33-23-11-10-21(15-19(23)4)35-28(27(34-30(35)38)24-7-5-6-14-32-24)26-13-12-25(37-26)22-16-20(31)9-8-18(22)3/h5-17,27-28H,1-4H3,(H,33,36)(H,34,38)/t27-,28+/m1/s1. The third-order valence-electron chi connectivity index (χ3n) is 6.75. The topological polar surface area (TPSA) is 70.4 Å². The first-order valence-electron chi connectivity index (χ1n) is 12.5. The van der Waals surface area contributed by atoms with Gasteiger partial charge in [-0.2, -0.15) is 0 Å². The van der Waals surface area contributed by atoms with Gasteiger partial charge in [-0.05, 0) is 91.8 Å². The van der Waals surface area contributed by atoms with E-state index in [-0.39, 0.29) is 23.9 Å². The summed E-state index contributed by atoms with van der Waals surface area (Å²) in [6, 6.07) is 21.0. The van der Waals surface area contributed by atoms with Crippen LogP contribution in [0.1, 0.15) is 48.5 Å². The minimum Gasteiger partial charge on any atom is -0.459 e. The van der Waals surface area contributed by atoms with Crippen molar-refractivity contribution in [3.63, 3.8) is 0 Å². The fourth-order valence-electron chi connectivity index (χ4n) is 4.65. The van der Waals surface area contributed by atoms with Gasteiger partial charge in [0.15, 0.2) is 5.11 Å². The van der Waals surface area contributed by atoms with Crippen LogP contribution in [0.2, 0.25) is 5.02 Å². The van der Waals surface area contributed by atoms with Crippen molar-refractivity contribution in [1.29, 1.82) is 0 Å². The molecule has 1 saturated heterocycles. The summed E-state index contributed by atoms with van der Waals surface area (Å²) in [4.78, 5) is 19.0. The Kier molecular flexibility index (Phi) is 7.23. The third-order valence-corrected chi connectivity index (χ3v) is 7.30. The van der Waals surface area contributed by atoms with Gasteiger partial charge >= 0.3 is 0 Å². The molecule has 0 radical (unpaired) electrons. The van der Waals surface area contributed by atoms with Crippen molar-refractivity contribution in [3.05, 3.63) is 101 Å². The van der Waals surface area contributed by atoms with Gasteiger partial charge in [-0.3, -0.25) is 9.78 Å². The van der Waals surface area contributed by atoms with Crippen LogP contribution in [-0.2, 0) is 4.79 Å². The van der Waals surface area contributed by atoms with E-state index >= 15 is 0 Å². The second kappa shape index (κ2) is 10.6. The molecular weight excluding hydrogens is 516 g/mol. The molecule has 0 saturated carbocycles. The number of aryl methyl sites for hydroxylation is 2. The molecule has 2 aromatic heterocycles. The van der Waals surface area contributed by atoms with Crippen LogP contribution in [0.4, 0.5) is 11.4 Å². The lowest BCUT2D eigenvalue weighted by Gasteiger charge is -2.27. The van der Waals surface area contributed by atoms with E-state index in [1.54, 1.807) is 6.20 Å². The summed E-state index contributed by atoms with van der Waals surface area (Å²) in [6.45, 7) is 7.76. The normalized spacial score (nSPS) is 17.1. The maximum absolute atomic E-state index is 12.3. The lowest BCUT2D eigenvalue weighted by molar-refractivity contribution is -0.118. The second-order valence-electron chi connectivity index (χ2n) is 9.80. The van der Waals surface area contributed by atoms with Crippen molar-refractivity contribution in [2.45, 2.75) is 39.8 Å². The fraction of sp³-hybridized carbons (Fsp3) is 0.233. The molecule has 0 spiro atoms. The SMILES string of the molecule is Cc1cc(N2C(=S)N[C@H](c3ccccn3)[C@@H]2c2ccc(-c3cc(Cl)ccc3C)o2)ccc1NC(=O)C(C)C. The quantitative estimate of drug-likeness (QED) is 0.247. The van der Waals surface area contributed by atoms with E-state index in [9.17, 15) is 4.79 Å². The number of rotatable bonds is 6. The smallest absolute Gasteiger partial charge is 0.226 e. The van der Waals surface area contributed by atoms with Gasteiger partial charge in [0.25, 0.3) is 0 Å². The van der Waals surface area contributed by atoms with Crippen LogP contribution in [0, 0.1) is 19.8 Å². The van der Waals surface area contributed by atoms with Gasteiger partial charge in [0.2, 0.25) is 5.91 Å². The number of hydrogen-bond donors (Lipinski definition) is 2. The number of benzene rings is 2. The molecule has 2 atom stereocenters. The van der Waals surface area contributed by atoms with E-state index in [0.717, 1.165) is 45.3 Å². The maximum Gasteiger partial charge on any atom is 0.226 e. The molecule has 5 rings (SSSR count). The Balaban J connectivity index is 1.56. The van der Waals surface area contributed by atoms with Crippen LogP contribution in [0.5, 0.6) is 0 Å². The number of thiocarbonyl (C=S) groups is 1. The zero-order valence-corrected chi connectivity index (χ0v) is 23.2. The molecule has 6 nitrogen and oxygen atoms in total. The lowest BCUT2D eigenvalue weighted by Crippen LogP contribution is -2.29. The Morgan fingerprint density at radius 2 is 1.89 bits per heavy atom. The molecule has 1 fully saturated rings. The fourth-order valence-corrected chi connectivity index (χ4v) is 5.17. The Morgan fingerprint density at radius 3 is 2.61 bits per heavy atom. The van der Waals surface area contributed by atoms with Crippen molar-refractivity contribution in [2.24, 2.45) is 5.92 Å². The van der Waals surface area contributed by atoms with E-state index in [4.69, 9.17) is 28.2 Å². The Hall–Kier alpha value is -3.68. The lowest BCUT2D eigenvalue weighted by atomic mass is 10.0. The zero-order chi connectivity index (χ0) is 27.0. The molecule has 38 heavy (non-hydrogen) atoms. The average molecular weight is 545 g/mol. The van der Waals surface area contributed by atoms with E-state index < -0.39 is 0 Å². The predicted octanol–water partition coefficient (Wildman–Crippen LogP) is 7.38. The van der Waals surface area contributed by atoms with Crippen LogP contribution >= 0.6 is 23.8 Å². The summed E-state index contributed by atoms with van der Waals surface area (Å²) < 4.78 is 6.49. The monoisotopic (exact) mass is 544 g/mol. The van der Waals surface area contributed by atoms with Gasteiger partial charge in [-0.25, -0.2) is 0 Å². The number of nitrogens with one attached hydrogen (secondary N) is 2. The van der Waals surface area contributed by atoms with Crippen LogP contribution in [0.25, 0.3) is 11.3 Å². The van der Waals surface area contributed by atoms with Crippen molar-refractivity contribution in [3.8, 4) is 11.3 Å². The molecule has 1 amide bonds. The van der Waals surface area contributed by atoms with Crippen molar-refractivity contribution < 1.29 is 9.21 Å². The van der Waals surface area contributed by atoms with Crippen LogP contribution in [0.15, 0.2) is 77.3 Å². The molecule has 2 aromatic carbocycles. The Bertz CT molecular complexity index is 1500. The summed E-state index contributed by atoms with van der Waals surface area (Å²) in [7, 11) is 0. The molecular formula is C30H29ClN4O2S. The zero-order valence-electron chi connectivity index (χ0n) is 21.7. The summed E-state index contributed by atoms with van der Waals surface area (Å²) in [5.41, 5.74) is 5.48. The molecule has 194 valence electrons. The molecule has 0 aliphatic carbocycles. The Morgan fingerprint density at radius 1 is 1.08 bits per heavy atom. The highest BCUT2D eigenvalue weighted by molar-refractivity contribution is 7.80. The van der Waals surface area contributed by atoms with Crippen molar-refractivity contribution in [2.75, 3.05) is 10.2 Å². The number of amides is 1. The minimum absolute atomic E-state index is 0.0215. The van der Waals surface area contributed by atoms with Crippen LogP contribution < -0.4 is 15.5 Å². The van der Waals surface area contributed by atoms with Gasteiger partial charge in [-0.15, -0.1) is 0 Å². The highest BCUT2D eigenvalue weighted by atomic mass is 35.5. The number of carbonyl (C=O) groups is 1. The number of aromatic nitrogens is 1. The average Bonchev–Trinajstić information content (AvgIpc) is 3.51. The number of furan rings is 1. The van der Waals surface area contributed by atoms with Gasteiger partial charge in [0.1, 0.15) is 17.6 Å². The summed E-state index contributed by atoms with van der Waals surface area (Å²) >= 11 is 12.1. The van der Waals surface area contributed by atoms with Crippen molar-refractivity contribution >= 4 is 46.2 Å². The molecule has 2 N–H and O–H groups in total. The Labute approximate surface area is 233 Å². The summed E-state index contributed by atoms with van der Waals surface area (Å²) in [5, 5.41) is 7.69.